The van der Waals surface area contributed by atoms with Crippen molar-refractivity contribution in [2.75, 3.05) is 20.1 Å². The fraction of sp³-hybridized carbons (Fsp3) is 0.875. The maximum atomic E-state index is 12.1. The third-order valence-corrected chi connectivity index (χ3v) is 5.67. The van der Waals surface area contributed by atoms with E-state index in [1.807, 2.05) is 14.0 Å². The van der Waals surface area contributed by atoms with E-state index in [0.717, 1.165) is 18.4 Å². The van der Waals surface area contributed by atoms with Gasteiger partial charge < -0.3 is 15.3 Å². The highest BCUT2D eigenvalue weighted by Gasteiger charge is 2.40. The molecule has 5 heteroatoms. The summed E-state index contributed by atoms with van der Waals surface area (Å²) in [4.78, 5) is 25.1. The van der Waals surface area contributed by atoms with Gasteiger partial charge in [-0.1, -0.05) is 13.3 Å². The van der Waals surface area contributed by atoms with Crippen LogP contribution >= 0.6 is 0 Å². The van der Waals surface area contributed by atoms with Crippen LogP contribution in [0.1, 0.15) is 46.0 Å². The zero-order valence-electron chi connectivity index (χ0n) is 13.4. The first-order valence-electron chi connectivity index (χ1n) is 8.08. The molecule has 5 nitrogen and oxygen atoms in total. The van der Waals surface area contributed by atoms with Crippen molar-refractivity contribution in [3.63, 3.8) is 0 Å². The van der Waals surface area contributed by atoms with Gasteiger partial charge in [0.05, 0.1) is 5.41 Å². The van der Waals surface area contributed by atoms with Crippen molar-refractivity contribution in [3.05, 3.63) is 0 Å². The van der Waals surface area contributed by atoms with Crippen LogP contribution < -0.4 is 5.32 Å². The fourth-order valence-corrected chi connectivity index (χ4v) is 3.79. The molecule has 0 aliphatic heterocycles. The lowest BCUT2D eigenvalue weighted by Crippen LogP contribution is -2.46. The summed E-state index contributed by atoms with van der Waals surface area (Å²) >= 11 is 0. The third-order valence-electron chi connectivity index (χ3n) is 5.67. The van der Waals surface area contributed by atoms with Gasteiger partial charge in [0.2, 0.25) is 0 Å². The highest BCUT2D eigenvalue weighted by molar-refractivity contribution is 5.77. The molecule has 2 fully saturated rings. The van der Waals surface area contributed by atoms with Gasteiger partial charge in [-0.3, -0.25) is 4.79 Å². The van der Waals surface area contributed by atoms with Crippen LogP contribution in [0, 0.1) is 23.2 Å². The second kappa shape index (κ2) is 6.24. The summed E-state index contributed by atoms with van der Waals surface area (Å²) in [6.07, 6.45) is 5.78. The number of hydrogen-bond acceptors (Lipinski definition) is 2. The molecule has 2 rings (SSSR count). The standard InChI is InChI=1S/C16H28N2O3/c1-4-16(2,14(19)20)10-17-15(21)18(3)9-13-8-11-5-6-12(13)7-11/h11-13H,4-10H2,1-3H3,(H,17,21)(H,19,20). The van der Waals surface area contributed by atoms with Crippen molar-refractivity contribution in [1.82, 2.24) is 10.2 Å². The van der Waals surface area contributed by atoms with E-state index in [0.29, 0.717) is 12.3 Å². The van der Waals surface area contributed by atoms with Gasteiger partial charge in [-0.25, -0.2) is 4.79 Å². The lowest BCUT2D eigenvalue weighted by Gasteiger charge is -2.29. The Morgan fingerprint density at radius 1 is 1.33 bits per heavy atom. The minimum atomic E-state index is -0.886. The van der Waals surface area contributed by atoms with Gasteiger partial charge in [-0.2, -0.15) is 0 Å². The average molecular weight is 296 g/mol. The molecule has 0 saturated heterocycles. The van der Waals surface area contributed by atoms with Gasteiger partial charge in [-0.15, -0.1) is 0 Å². The summed E-state index contributed by atoms with van der Waals surface area (Å²) in [5, 5.41) is 12.0. The molecule has 120 valence electrons. The number of hydrogen-bond donors (Lipinski definition) is 2. The van der Waals surface area contributed by atoms with Crippen molar-refractivity contribution in [1.29, 1.82) is 0 Å². The number of aliphatic carboxylic acids is 1. The van der Waals surface area contributed by atoms with Gasteiger partial charge in [-0.05, 0) is 50.4 Å². The highest BCUT2D eigenvalue weighted by Crippen LogP contribution is 2.48. The number of fused-ring (bicyclic) bond motifs is 2. The Morgan fingerprint density at radius 3 is 2.52 bits per heavy atom. The fourth-order valence-electron chi connectivity index (χ4n) is 3.79. The Morgan fingerprint density at radius 2 is 2.05 bits per heavy atom. The predicted molar refractivity (Wildman–Crippen MR) is 81.0 cm³/mol. The Balaban J connectivity index is 1.79. The SMILES string of the molecule is CCC(C)(CNC(=O)N(C)CC1CC2CCC1C2)C(=O)O. The molecule has 0 aromatic carbocycles. The molecule has 2 bridgehead atoms. The number of nitrogens with one attached hydrogen (secondary N) is 1. The number of carboxylic acid groups (broad SMARTS) is 1. The number of amides is 2. The van der Waals surface area contributed by atoms with Gasteiger partial charge in [0.1, 0.15) is 0 Å². The minimum Gasteiger partial charge on any atom is -0.481 e. The first-order chi connectivity index (χ1) is 9.85. The van der Waals surface area contributed by atoms with E-state index in [2.05, 4.69) is 5.32 Å². The van der Waals surface area contributed by atoms with Gasteiger partial charge in [0.25, 0.3) is 0 Å². The first kappa shape index (κ1) is 16.1. The first-order valence-corrected chi connectivity index (χ1v) is 8.08. The molecule has 4 atom stereocenters. The normalized spacial score (nSPS) is 30.0. The summed E-state index contributed by atoms with van der Waals surface area (Å²) in [6.45, 7) is 4.48. The molecule has 0 spiro atoms. The van der Waals surface area contributed by atoms with Crippen molar-refractivity contribution in [3.8, 4) is 0 Å². The largest absolute Gasteiger partial charge is 0.481 e. The lowest BCUT2D eigenvalue weighted by molar-refractivity contribution is -0.147. The summed E-state index contributed by atoms with van der Waals surface area (Å²) < 4.78 is 0. The highest BCUT2D eigenvalue weighted by atomic mass is 16.4. The molecule has 0 aromatic heterocycles. The molecule has 21 heavy (non-hydrogen) atoms. The summed E-state index contributed by atoms with van der Waals surface area (Å²) in [5.74, 6) is 1.45. The Labute approximate surface area is 127 Å². The Bertz CT molecular complexity index is 412. The van der Waals surface area contributed by atoms with E-state index in [1.54, 1.807) is 11.8 Å². The molecule has 2 amide bonds. The smallest absolute Gasteiger partial charge is 0.317 e. The van der Waals surface area contributed by atoms with E-state index in [-0.39, 0.29) is 12.6 Å². The summed E-state index contributed by atoms with van der Waals surface area (Å²) in [6, 6.07) is -0.154. The van der Waals surface area contributed by atoms with E-state index in [1.165, 1.54) is 25.7 Å². The zero-order valence-corrected chi connectivity index (χ0v) is 13.4. The topological polar surface area (TPSA) is 69.6 Å². The summed E-state index contributed by atoms with van der Waals surface area (Å²) in [5.41, 5.74) is -0.886. The lowest BCUT2D eigenvalue weighted by atomic mass is 9.87. The van der Waals surface area contributed by atoms with E-state index in [9.17, 15) is 14.7 Å². The second-order valence-electron chi connectivity index (χ2n) is 7.19. The third kappa shape index (κ3) is 3.50. The Hall–Kier alpha value is -1.26. The number of nitrogens with zero attached hydrogens (tertiary/aromatic N) is 1. The molecule has 0 heterocycles. The van der Waals surface area contributed by atoms with Gasteiger partial charge in [0.15, 0.2) is 0 Å². The molecule has 4 unspecified atom stereocenters. The van der Waals surface area contributed by atoms with Crippen molar-refractivity contribution in [2.24, 2.45) is 23.2 Å². The maximum absolute atomic E-state index is 12.1. The maximum Gasteiger partial charge on any atom is 0.317 e. The van der Waals surface area contributed by atoms with Crippen LogP contribution in [-0.4, -0.2) is 42.1 Å². The van der Waals surface area contributed by atoms with E-state index in [4.69, 9.17) is 0 Å². The number of carbonyl (C=O) groups excluding carboxylic acids is 1. The van der Waals surface area contributed by atoms with Crippen molar-refractivity contribution >= 4 is 12.0 Å². The number of urea groups is 1. The van der Waals surface area contributed by atoms with Crippen molar-refractivity contribution < 1.29 is 14.7 Å². The molecular formula is C16H28N2O3. The summed E-state index contributed by atoms with van der Waals surface area (Å²) in [7, 11) is 1.81. The van der Waals surface area contributed by atoms with E-state index >= 15 is 0 Å². The van der Waals surface area contributed by atoms with Crippen molar-refractivity contribution in [2.45, 2.75) is 46.0 Å². The van der Waals surface area contributed by atoms with E-state index < -0.39 is 11.4 Å². The molecule has 0 radical (unpaired) electrons. The number of rotatable bonds is 6. The van der Waals surface area contributed by atoms with Gasteiger partial charge in [0, 0.05) is 20.1 Å². The molecule has 0 aromatic rings. The molecule has 2 aliphatic rings. The zero-order chi connectivity index (χ0) is 15.6. The van der Waals surface area contributed by atoms with Crippen LogP contribution in [0.4, 0.5) is 4.79 Å². The molecule has 2 N–H and O–H groups in total. The van der Waals surface area contributed by atoms with Gasteiger partial charge >= 0.3 is 12.0 Å². The monoisotopic (exact) mass is 296 g/mol. The van der Waals surface area contributed by atoms with Crippen LogP contribution in [0.15, 0.2) is 0 Å². The number of carboxylic acids is 1. The van der Waals surface area contributed by atoms with Crippen LogP contribution in [0.5, 0.6) is 0 Å². The number of carbonyl (C=O) groups is 2. The second-order valence-corrected chi connectivity index (χ2v) is 7.19. The quantitative estimate of drug-likeness (QED) is 0.791. The van der Waals surface area contributed by atoms with Crippen LogP contribution in [-0.2, 0) is 4.79 Å². The molecule has 2 aliphatic carbocycles. The average Bonchev–Trinajstić information content (AvgIpc) is 3.06. The minimum absolute atomic E-state index is 0.154. The van der Waals surface area contributed by atoms with Crippen LogP contribution in [0.3, 0.4) is 0 Å². The Kier molecular flexibility index (Phi) is 4.79. The predicted octanol–water partition coefficient (Wildman–Crippen LogP) is 2.56. The molecule has 2 saturated carbocycles. The van der Waals surface area contributed by atoms with Crippen LogP contribution in [0.2, 0.25) is 0 Å². The van der Waals surface area contributed by atoms with Crippen LogP contribution in [0.25, 0.3) is 0 Å². The molecular weight excluding hydrogens is 268 g/mol.